The van der Waals surface area contributed by atoms with Crippen LogP contribution in [0, 0.1) is 11.7 Å². The Hall–Kier alpha value is -2.93. The van der Waals surface area contributed by atoms with Gasteiger partial charge in [-0.2, -0.15) is 0 Å². The lowest BCUT2D eigenvalue weighted by Gasteiger charge is -2.29. The zero-order valence-corrected chi connectivity index (χ0v) is 16.3. The molecule has 2 saturated heterocycles. The van der Waals surface area contributed by atoms with Gasteiger partial charge in [-0.3, -0.25) is 9.59 Å². The van der Waals surface area contributed by atoms with Crippen molar-refractivity contribution in [3.05, 3.63) is 59.9 Å². The molecule has 2 aromatic carbocycles. The number of nitrogens with one attached hydrogen (secondary N) is 1. The maximum Gasteiger partial charge on any atom is 0.230 e. The predicted molar refractivity (Wildman–Crippen MR) is 108 cm³/mol. The van der Waals surface area contributed by atoms with Crippen molar-refractivity contribution in [1.29, 1.82) is 0 Å². The van der Waals surface area contributed by atoms with Crippen LogP contribution in [-0.2, 0) is 14.3 Å². The molecule has 0 spiro atoms. The summed E-state index contributed by atoms with van der Waals surface area (Å²) in [4.78, 5) is 29.0. The van der Waals surface area contributed by atoms with Gasteiger partial charge < -0.3 is 19.9 Å². The molecule has 0 aromatic heterocycles. The molecule has 2 fully saturated rings. The minimum atomic E-state index is -0.531. The molecule has 6 nitrogen and oxygen atoms in total. The van der Waals surface area contributed by atoms with E-state index in [1.54, 1.807) is 24.1 Å². The summed E-state index contributed by atoms with van der Waals surface area (Å²) in [6.07, 6.45) is 0.135. The Labute approximate surface area is 169 Å². The maximum absolute atomic E-state index is 13.3. The Morgan fingerprint density at radius 1 is 1.07 bits per heavy atom. The third-order valence-electron chi connectivity index (χ3n) is 5.65. The van der Waals surface area contributed by atoms with Gasteiger partial charge in [0.2, 0.25) is 11.8 Å². The molecule has 2 amide bonds. The van der Waals surface area contributed by atoms with Crippen LogP contribution >= 0.6 is 0 Å². The van der Waals surface area contributed by atoms with Gasteiger partial charge in [-0.25, -0.2) is 4.39 Å². The van der Waals surface area contributed by atoms with Crippen LogP contribution < -0.4 is 10.2 Å². The van der Waals surface area contributed by atoms with Gasteiger partial charge in [0.15, 0.2) is 0 Å². The summed E-state index contributed by atoms with van der Waals surface area (Å²) < 4.78 is 18.7. The number of benzene rings is 2. The molecular weight excluding hydrogens is 373 g/mol. The van der Waals surface area contributed by atoms with Crippen molar-refractivity contribution >= 4 is 23.2 Å². The second-order valence-corrected chi connectivity index (χ2v) is 7.45. The molecule has 2 aliphatic heterocycles. The van der Waals surface area contributed by atoms with Crippen LogP contribution in [-0.4, -0.2) is 50.1 Å². The van der Waals surface area contributed by atoms with Crippen molar-refractivity contribution in [2.45, 2.75) is 12.5 Å². The number of nitrogens with zero attached hydrogens (tertiary/aromatic N) is 2. The number of ether oxygens (including phenoxy) is 1. The first kappa shape index (κ1) is 19.4. The van der Waals surface area contributed by atoms with Crippen molar-refractivity contribution in [2.24, 2.45) is 5.92 Å². The number of carbonyl (C=O) groups is 2. The number of amides is 2. The zero-order chi connectivity index (χ0) is 20.4. The molecule has 0 saturated carbocycles. The normalized spacial score (nSPS) is 22.1. The first-order chi connectivity index (χ1) is 14.0. The number of carbonyl (C=O) groups excluding carboxylic acids is 2. The van der Waals surface area contributed by atoms with E-state index in [2.05, 4.69) is 10.2 Å². The second kappa shape index (κ2) is 8.21. The van der Waals surface area contributed by atoms with Crippen molar-refractivity contribution < 1.29 is 18.7 Å². The van der Waals surface area contributed by atoms with E-state index in [1.807, 2.05) is 24.3 Å². The molecule has 2 aromatic rings. The van der Waals surface area contributed by atoms with Gasteiger partial charge in [-0.05, 0) is 42.0 Å². The van der Waals surface area contributed by atoms with E-state index in [0.29, 0.717) is 18.9 Å². The Morgan fingerprint density at radius 3 is 2.38 bits per heavy atom. The Morgan fingerprint density at radius 2 is 1.72 bits per heavy atom. The molecule has 2 atom stereocenters. The summed E-state index contributed by atoms with van der Waals surface area (Å²) in [6.45, 7) is 3.13. The van der Waals surface area contributed by atoms with Crippen LogP contribution in [0.1, 0.15) is 18.0 Å². The first-order valence-corrected chi connectivity index (χ1v) is 9.77. The van der Waals surface area contributed by atoms with Crippen molar-refractivity contribution in [3.63, 3.8) is 0 Å². The quantitative estimate of drug-likeness (QED) is 0.862. The van der Waals surface area contributed by atoms with Gasteiger partial charge >= 0.3 is 0 Å². The monoisotopic (exact) mass is 397 g/mol. The van der Waals surface area contributed by atoms with E-state index in [1.165, 1.54) is 12.1 Å². The molecule has 7 heteroatoms. The summed E-state index contributed by atoms with van der Waals surface area (Å²) in [7, 11) is 1.68. The summed E-state index contributed by atoms with van der Waals surface area (Å²) in [6, 6.07) is 13.3. The van der Waals surface area contributed by atoms with Crippen molar-refractivity contribution in [2.75, 3.05) is 43.6 Å². The highest BCUT2D eigenvalue weighted by Gasteiger charge is 2.42. The lowest BCUT2D eigenvalue weighted by molar-refractivity contribution is -0.127. The fourth-order valence-electron chi connectivity index (χ4n) is 4.03. The highest BCUT2D eigenvalue weighted by molar-refractivity contribution is 5.98. The van der Waals surface area contributed by atoms with E-state index < -0.39 is 12.0 Å². The Balaban J connectivity index is 1.47. The molecule has 152 valence electrons. The lowest BCUT2D eigenvalue weighted by atomic mass is 9.93. The molecule has 0 radical (unpaired) electrons. The molecule has 0 aliphatic carbocycles. The molecule has 2 aliphatic rings. The molecule has 1 N–H and O–H groups in total. The van der Waals surface area contributed by atoms with Gasteiger partial charge in [-0.1, -0.05) is 12.1 Å². The smallest absolute Gasteiger partial charge is 0.230 e. The minimum Gasteiger partial charge on any atom is -0.378 e. The molecular formula is C22H24FN3O3. The fourth-order valence-corrected chi connectivity index (χ4v) is 4.03. The Kier molecular flexibility index (Phi) is 5.49. The van der Waals surface area contributed by atoms with E-state index in [9.17, 15) is 14.0 Å². The zero-order valence-electron chi connectivity index (χ0n) is 16.3. The highest BCUT2D eigenvalue weighted by Crippen LogP contribution is 2.37. The number of morpholine rings is 1. The van der Waals surface area contributed by atoms with Crippen LogP contribution in [0.3, 0.4) is 0 Å². The molecule has 2 heterocycles. The minimum absolute atomic E-state index is 0.0952. The van der Waals surface area contributed by atoms with Gasteiger partial charge in [-0.15, -0.1) is 0 Å². The van der Waals surface area contributed by atoms with Gasteiger partial charge in [0, 0.05) is 37.9 Å². The highest BCUT2D eigenvalue weighted by atomic mass is 19.1. The summed E-state index contributed by atoms with van der Waals surface area (Å²) in [5.41, 5.74) is 2.53. The van der Waals surface area contributed by atoms with Crippen molar-refractivity contribution in [1.82, 2.24) is 4.90 Å². The maximum atomic E-state index is 13.3. The third-order valence-corrected chi connectivity index (χ3v) is 5.65. The number of anilines is 2. The van der Waals surface area contributed by atoms with E-state index in [4.69, 9.17) is 4.74 Å². The van der Waals surface area contributed by atoms with Crippen LogP contribution in [0.25, 0.3) is 0 Å². The summed E-state index contributed by atoms with van der Waals surface area (Å²) in [5, 5.41) is 2.93. The van der Waals surface area contributed by atoms with Crippen LogP contribution in [0.2, 0.25) is 0 Å². The number of halogens is 1. The van der Waals surface area contributed by atoms with E-state index in [0.717, 1.165) is 24.3 Å². The second-order valence-electron chi connectivity index (χ2n) is 7.45. The average molecular weight is 397 g/mol. The molecule has 4 rings (SSSR count). The Bertz CT molecular complexity index is 879. The molecule has 0 unspecified atom stereocenters. The van der Waals surface area contributed by atoms with Crippen LogP contribution in [0.5, 0.6) is 0 Å². The lowest BCUT2D eigenvalue weighted by Crippen LogP contribution is -2.36. The third kappa shape index (κ3) is 4.10. The predicted octanol–water partition coefficient (Wildman–Crippen LogP) is 2.82. The van der Waals surface area contributed by atoms with E-state index in [-0.39, 0.29) is 24.1 Å². The van der Waals surface area contributed by atoms with Crippen molar-refractivity contribution in [3.8, 4) is 0 Å². The van der Waals surface area contributed by atoms with Crippen LogP contribution in [0.4, 0.5) is 15.8 Å². The summed E-state index contributed by atoms with van der Waals surface area (Å²) >= 11 is 0. The first-order valence-electron chi connectivity index (χ1n) is 9.77. The van der Waals surface area contributed by atoms with Gasteiger partial charge in [0.1, 0.15) is 5.82 Å². The largest absolute Gasteiger partial charge is 0.378 e. The number of hydrogen-bond donors (Lipinski definition) is 1. The SMILES string of the molecule is CN1C(=O)C[C@@H](C(=O)Nc2ccc(N3CCOCC3)cc2)[C@H]1c1ccc(F)cc1. The number of likely N-dealkylation sites (tertiary alicyclic amines) is 1. The average Bonchev–Trinajstić information content (AvgIpc) is 3.05. The molecule has 0 bridgehead atoms. The van der Waals surface area contributed by atoms with Crippen LogP contribution in [0.15, 0.2) is 48.5 Å². The fraction of sp³-hybridized carbons (Fsp3) is 0.364. The number of hydrogen-bond acceptors (Lipinski definition) is 4. The standard InChI is InChI=1S/C22H24FN3O3/c1-25-20(27)14-19(21(25)15-2-4-16(23)5-3-15)22(28)24-17-6-8-18(9-7-17)26-10-12-29-13-11-26/h2-9,19,21H,10-14H2,1H3,(H,24,28)/t19-,21-/m1/s1. The van der Waals surface area contributed by atoms with E-state index >= 15 is 0 Å². The van der Waals surface area contributed by atoms with Gasteiger partial charge in [0.05, 0.1) is 25.2 Å². The van der Waals surface area contributed by atoms with Gasteiger partial charge in [0.25, 0.3) is 0 Å². The summed E-state index contributed by atoms with van der Waals surface area (Å²) in [5.74, 6) is -1.18. The topological polar surface area (TPSA) is 61.9 Å². The molecule has 29 heavy (non-hydrogen) atoms. The number of rotatable bonds is 4.